The van der Waals surface area contributed by atoms with E-state index in [2.05, 4.69) is 15.2 Å². The summed E-state index contributed by atoms with van der Waals surface area (Å²) in [5.41, 5.74) is 1.64. The molecule has 26 heavy (non-hydrogen) atoms. The SMILES string of the molecule is COC(=O)c1cccc(NC(=O)c2cc(-c3cccc(OC)c3)on2)c1. The summed E-state index contributed by atoms with van der Waals surface area (Å²) in [4.78, 5) is 23.9. The van der Waals surface area contributed by atoms with Gasteiger partial charge in [-0.15, -0.1) is 0 Å². The van der Waals surface area contributed by atoms with Crippen molar-refractivity contribution in [3.8, 4) is 17.1 Å². The van der Waals surface area contributed by atoms with Crippen LogP contribution in [0.4, 0.5) is 5.69 Å². The first-order chi connectivity index (χ1) is 12.6. The highest BCUT2D eigenvalue weighted by Gasteiger charge is 2.15. The number of carbonyl (C=O) groups excluding carboxylic acids is 2. The largest absolute Gasteiger partial charge is 0.497 e. The third-order valence-electron chi connectivity index (χ3n) is 3.64. The van der Waals surface area contributed by atoms with Crippen molar-refractivity contribution < 1.29 is 23.6 Å². The van der Waals surface area contributed by atoms with Crippen LogP contribution in [0.5, 0.6) is 5.75 Å². The van der Waals surface area contributed by atoms with Crippen LogP contribution in [0.1, 0.15) is 20.8 Å². The van der Waals surface area contributed by atoms with Crippen molar-refractivity contribution in [2.45, 2.75) is 0 Å². The topological polar surface area (TPSA) is 90.7 Å². The number of amides is 1. The summed E-state index contributed by atoms with van der Waals surface area (Å²) in [6.45, 7) is 0. The Balaban J connectivity index is 1.77. The molecule has 0 fully saturated rings. The van der Waals surface area contributed by atoms with Gasteiger partial charge in [0.25, 0.3) is 5.91 Å². The molecule has 1 amide bonds. The lowest BCUT2D eigenvalue weighted by Crippen LogP contribution is -2.12. The van der Waals surface area contributed by atoms with Gasteiger partial charge in [0.15, 0.2) is 11.5 Å². The van der Waals surface area contributed by atoms with Crippen molar-refractivity contribution >= 4 is 17.6 Å². The van der Waals surface area contributed by atoms with Crippen LogP contribution in [-0.4, -0.2) is 31.3 Å². The molecular weight excluding hydrogens is 336 g/mol. The minimum absolute atomic E-state index is 0.117. The molecule has 3 rings (SSSR count). The maximum atomic E-state index is 12.4. The number of carbonyl (C=O) groups is 2. The number of anilines is 1. The maximum absolute atomic E-state index is 12.4. The number of nitrogens with zero attached hydrogens (tertiary/aromatic N) is 1. The molecule has 0 radical (unpaired) electrons. The van der Waals surface area contributed by atoms with Gasteiger partial charge < -0.3 is 19.3 Å². The van der Waals surface area contributed by atoms with Gasteiger partial charge >= 0.3 is 5.97 Å². The highest BCUT2D eigenvalue weighted by molar-refractivity contribution is 6.04. The molecule has 0 aliphatic rings. The number of methoxy groups -OCH3 is 2. The fraction of sp³-hybridized carbons (Fsp3) is 0.105. The molecule has 2 aromatic carbocycles. The molecule has 3 aromatic rings. The van der Waals surface area contributed by atoms with Crippen LogP contribution < -0.4 is 10.1 Å². The third kappa shape index (κ3) is 3.72. The van der Waals surface area contributed by atoms with E-state index in [0.717, 1.165) is 5.56 Å². The van der Waals surface area contributed by atoms with Crippen molar-refractivity contribution in [1.29, 1.82) is 0 Å². The summed E-state index contributed by atoms with van der Waals surface area (Å²) in [5.74, 6) is 0.176. The molecule has 0 aliphatic carbocycles. The van der Waals surface area contributed by atoms with Gasteiger partial charge in [-0.05, 0) is 30.3 Å². The molecule has 1 aromatic heterocycles. The lowest BCUT2D eigenvalue weighted by atomic mass is 10.1. The van der Waals surface area contributed by atoms with Gasteiger partial charge in [0.1, 0.15) is 5.75 Å². The average molecular weight is 352 g/mol. The van der Waals surface area contributed by atoms with E-state index in [-0.39, 0.29) is 5.69 Å². The molecule has 0 unspecified atom stereocenters. The van der Waals surface area contributed by atoms with E-state index in [1.165, 1.54) is 19.2 Å². The number of ether oxygens (including phenoxy) is 2. The van der Waals surface area contributed by atoms with Crippen LogP contribution in [0.3, 0.4) is 0 Å². The fourth-order valence-electron chi connectivity index (χ4n) is 2.33. The van der Waals surface area contributed by atoms with Crippen LogP contribution in [0.25, 0.3) is 11.3 Å². The first kappa shape index (κ1) is 17.2. The van der Waals surface area contributed by atoms with E-state index in [0.29, 0.717) is 22.8 Å². The van der Waals surface area contributed by atoms with E-state index < -0.39 is 11.9 Å². The number of aromatic nitrogens is 1. The average Bonchev–Trinajstić information content (AvgIpc) is 3.18. The zero-order chi connectivity index (χ0) is 18.5. The molecule has 0 atom stereocenters. The number of hydrogen-bond acceptors (Lipinski definition) is 6. The van der Waals surface area contributed by atoms with Crippen molar-refractivity contribution in [2.75, 3.05) is 19.5 Å². The molecule has 1 heterocycles. The fourth-order valence-corrected chi connectivity index (χ4v) is 2.33. The monoisotopic (exact) mass is 352 g/mol. The zero-order valence-corrected chi connectivity index (χ0v) is 14.2. The standard InChI is InChI=1S/C19H16N2O5/c1-24-15-8-4-5-12(10-15)17-11-16(21-26-17)18(22)20-14-7-3-6-13(9-14)19(23)25-2/h3-11H,1-2H3,(H,20,22). The van der Waals surface area contributed by atoms with Gasteiger partial charge in [0.05, 0.1) is 19.8 Å². The molecule has 7 heteroatoms. The lowest BCUT2D eigenvalue weighted by Gasteiger charge is -2.04. The van der Waals surface area contributed by atoms with Crippen LogP contribution in [0.15, 0.2) is 59.1 Å². The molecular formula is C19H16N2O5. The second-order valence-corrected chi connectivity index (χ2v) is 5.33. The Labute approximate surface area is 149 Å². The van der Waals surface area contributed by atoms with Crippen molar-refractivity contribution in [1.82, 2.24) is 5.16 Å². The number of rotatable bonds is 5. The smallest absolute Gasteiger partial charge is 0.337 e. The van der Waals surface area contributed by atoms with Gasteiger partial charge in [-0.25, -0.2) is 4.79 Å². The van der Waals surface area contributed by atoms with E-state index in [1.54, 1.807) is 31.4 Å². The van der Waals surface area contributed by atoms with Crippen LogP contribution in [0, 0.1) is 0 Å². The maximum Gasteiger partial charge on any atom is 0.337 e. The van der Waals surface area contributed by atoms with Crippen LogP contribution in [-0.2, 0) is 4.74 Å². The van der Waals surface area contributed by atoms with Crippen LogP contribution >= 0.6 is 0 Å². The normalized spacial score (nSPS) is 10.2. The Hall–Kier alpha value is -3.61. The molecule has 0 saturated carbocycles. The second-order valence-electron chi connectivity index (χ2n) is 5.33. The molecule has 132 valence electrons. The first-order valence-electron chi connectivity index (χ1n) is 7.71. The van der Waals surface area contributed by atoms with Crippen molar-refractivity contribution in [3.05, 3.63) is 65.9 Å². The predicted octanol–water partition coefficient (Wildman–Crippen LogP) is 3.39. The lowest BCUT2D eigenvalue weighted by molar-refractivity contribution is 0.0600. The Kier molecular flexibility index (Phi) is 4.98. The molecule has 0 spiro atoms. The molecule has 0 saturated heterocycles. The summed E-state index contributed by atoms with van der Waals surface area (Å²) in [6, 6.07) is 15.2. The summed E-state index contributed by atoms with van der Waals surface area (Å²) in [6.07, 6.45) is 0. The van der Waals surface area contributed by atoms with E-state index >= 15 is 0 Å². The van der Waals surface area contributed by atoms with Gasteiger partial charge in [0.2, 0.25) is 0 Å². The Bertz CT molecular complexity index is 948. The van der Waals surface area contributed by atoms with Crippen LogP contribution in [0.2, 0.25) is 0 Å². The third-order valence-corrected chi connectivity index (χ3v) is 3.64. The Morgan fingerprint density at radius 1 is 1.04 bits per heavy atom. The highest BCUT2D eigenvalue weighted by atomic mass is 16.5. The molecule has 0 aliphatic heterocycles. The van der Waals surface area contributed by atoms with Gasteiger partial charge in [0, 0.05) is 17.3 Å². The number of nitrogens with one attached hydrogen (secondary N) is 1. The predicted molar refractivity (Wildman–Crippen MR) is 94.2 cm³/mol. The van der Waals surface area contributed by atoms with Crippen molar-refractivity contribution in [3.63, 3.8) is 0 Å². The quantitative estimate of drug-likeness (QED) is 0.708. The summed E-state index contributed by atoms with van der Waals surface area (Å²) >= 11 is 0. The summed E-state index contributed by atoms with van der Waals surface area (Å²) in [7, 11) is 2.86. The number of hydrogen-bond donors (Lipinski definition) is 1. The number of esters is 1. The molecule has 7 nitrogen and oxygen atoms in total. The summed E-state index contributed by atoms with van der Waals surface area (Å²) < 4.78 is 15.1. The molecule has 1 N–H and O–H groups in total. The van der Waals surface area contributed by atoms with E-state index in [1.807, 2.05) is 18.2 Å². The molecule has 0 bridgehead atoms. The van der Waals surface area contributed by atoms with E-state index in [4.69, 9.17) is 9.26 Å². The minimum Gasteiger partial charge on any atom is -0.497 e. The Morgan fingerprint density at radius 3 is 2.62 bits per heavy atom. The first-order valence-corrected chi connectivity index (χ1v) is 7.71. The van der Waals surface area contributed by atoms with Gasteiger partial charge in [-0.3, -0.25) is 4.79 Å². The zero-order valence-electron chi connectivity index (χ0n) is 14.2. The Morgan fingerprint density at radius 2 is 1.85 bits per heavy atom. The van der Waals surface area contributed by atoms with Gasteiger partial charge in [-0.2, -0.15) is 0 Å². The number of benzene rings is 2. The minimum atomic E-state index is -0.483. The van der Waals surface area contributed by atoms with Crippen molar-refractivity contribution in [2.24, 2.45) is 0 Å². The highest BCUT2D eigenvalue weighted by Crippen LogP contribution is 2.24. The van der Waals surface area contributed by atoms with E-state index in [9.17, 15) is 9.59 Å². The van der Waals surface area contributed by atoms with Gasteiger partial charge in [-0.1, -0.05) is 23.4 Å². The second kappa shape index (κ2) is 7.52. The summed E-state index contributed by atoms with van der Waals surface area (Å²) in [5, 5.41) is 6.47.